The van der Waals surface area contributed by atoms with Gasteiger partial charge < -0.3 is 36.2 Å². The fourth-order valence-electron chi connectivity index (χ4n) is 8.86. The second kappa shape index (κ2) is 15.4. The molecule has 0 saturated heterocycles. The molecule has 0 bridgehead atoms. The number of aliphatic hydroxyl groups is 1. The van der Waals surface area contributed by atoms with Crippen LogP contribution in [0.5, 0.6) is 23.0 Å². The normalized spacial score (nSPS) is 26.0. The molecule has 2 heterocycles. The lowest BCUT2D eigenvalue weighted by atomic mass is 9.72. The highest BCUT2D eigenvalue weighted by atomic mass is 16.3. The summed E-state index contributed by atoms with van der Waals surface area (Å²) < 4.78 is 0. The number of hydrogen-bond acceptors (Lipinski definition) is 7. The van der Waals surface area contributed by atoms with Crippen LogP contribution >= 0.6 is 0 Å². The zero-order valence-corrected chi connectivity index (χ0v) is 30.2. The van der Waals surface area contributed by atoms with Crippen LogP contribution in [0.3, 0.4) is 0 Å². The number of anilines is 2. The predicted octanol–water partition coefficient (Wildman–Crippen LogP) is 9.82. The summed E-state index contributed by atoms with van der Waals surface area (Å²) in [5.74, 6) is 1.67. The first-order valence-corrected chi connectivity index (χ1v) is 18.3. The van der Waals surface area contributed by atoms with E-state index in [-0.39, 0.29) is 59.2 Å². The highest BCUT2D eigenvalue weighted by Gasteiger charge is 2.35. The van der Waals surface area contributed by atoms with E-state index < -0.39 is 0 Å². The van der Waals surface area contributed by atoms with Gasteiger partial charge in [0, 0.05) is 77.3 Å². The lowest BCUT2D eigenvalue weighted by Crippen LogP contribution is -2.21. The molecular weight excluding hydrogens is 612 g/mol. The van der Waals surface area contributed by atoms with Gasteiger partial charge in [-0.05, 0) is 103 Å². The van der Waals surface area contributed by atoms with E-state index in [0.717, 1.165) is 91.7 Å². The zero-order valence-electron chi connectivity index (χ0n) is 30.2. The minimum Gasteiger partial charge on any atom is -0.507 e. The maximum Gasteiger partial charge on any atom is 0.128 e. The summed E-state index contributed by atoms with van der Waals surface area (Å²) in [4.78, 5) is 0. The summed E-state index contributed by atoms with van der Waals surface area (Å²) in [5.41, 5.74) is 9.57. The minimum atomic E-state index is -0.0618. The van der Waals surface area contributed by atoms with Crippen molar-refractivity contribution in [3.8, 4) is 23.0 Å². The maximum atomic E-state index is 11.1. The molecular formula is C42H58N2O5. The number of phenolic OH excluding ortho intramolecular Hbond substituents is 4. The van der Waals surface area contributed by atoms with E-state index in [1.165, 1.54) is 11.1 Å². The van der Waals surface area contributed by atoms with Crippen LogP contribution in [0.4, 0.5) is 11.4 Å². The van der Waals surface area contributed by atoms with Gasteiger partial charge in [-0.1, -0.05) is 54.5 Å². The molecule has 7 N–H and O–H groups in total. The summed E-state index contributed by atoms with van der Waals surface area (Å²) in [6, 6.07) is 3.54. The Balaban J connectivity index is 0.000000191. The van der Waals surface area contributed by atoms with Gasteiger partial charge in [0.2, 0.25) is 0 Å². The van der Waals surface area contributed by atoms with E-state index in [1.54, 1.807) is 12.1 Å². The number of nitrogens with one attached hydrogen (secondary N) is 2. The van der Waals surface area contributed by atoms with Crippen molar-refractivity contribution in [2.24, 2.45) is 11.8 Å². The molecule has 266 valence electrons. The molecule has 7 nitrogen and oxygen atoms in total. The fraction of sp³-hybridized carbons (Fsp3) is 0.524. The molecule has 6 atom stereocenters. The van der Waals surface area contributed by atoms with Crippen LogP contribution in [0, 0.1) is 11.8 Å². The first-order chi connectivity index (χ1) is 23.4. The average molecular weight is 671 g/mol. The summed E-state index contributed by atoms with van der Waals surface area (Å²) in [6.45, 7) is 20.5. The molecule has 0 radical (unpaired) electrons. The molecule has 6 rings (SSSR count). The van der Waals surface area contributed by atoms with Crippen molar-refractivity contribution in [2.45, 2.75) is 110 Å². The second-order valence-corrected chi connectivity index (χ2v) is 15.0. The van der Waals surface area contributed by atoms with Gasteiger partial charge in [-0.15, -0.1) is 0 Å². The van der Waals surface area contributed by atoms with Crippen molar-refractivity contribution in [1.29, 1.82) is 0 Å². The van der Waals surface area contributed by atoms with Crippen molar-refractivity contribution < 1.29 is 25.5 Å². The Labute approximate surface area is 293 Å². The van der Waals surface area contributed by atoms with Gasteiger partial charge in [0.15, 0.2) is 0 Å². The summed E-state index contributed by atoms with van der Waals surface area (Å²) in [6.07, 6.45) is 12.0. The highest BCUT2D eigenvalue weighted by molar-refractivity contribution is 5.70. The summed E-state index contributed by atoms with van der Waals surface area (Å²) >= 11 is 0. The third kappa shape index (κ3) is 7.38. The quantitative estimate of drug-likeness (QED) is 0.146. The first-order valence-electron chi connectivity index (χ1n) is 18.3. The molecule has 0 unspecified atom stereocenters. The molecule has 2 aromatic rings. The molecule has 2 aliphatic carbocycles. The molecule has 0 spiro atoms. The predicted molar refractivity (Wildman–Crippen MR) is 201 cm³/mol. The smallest absolute Gasteiger partial charge is 0.128 e. The number of aliphatic hydroxyl groups excluding tert-OH is 1. The van der Waals surface area contributed by atoms with Crippen molar-refractivity contribution >= 4 is 11.4 Å². The van der Waals surface area contributed by atoms with Crippen molar-refractivity contribution in [3.05, 3.63) is 82.0 Å². The number of aromatic hydroxyl groups is 4. The number of allylic oxidation sites excluding steroid dienone is 6. The standard InChI is InChI=1S/C21H29NO3.C21H29NO2/c1-12(2)15-5-4-13(3)10-16(15)20-18(24)11-17-19(21(20)25)14(7-9-23)6-8-22-17;1-5-14-8-9-22-17-11-18(23)20(21(24)19(14)17)16-10-13(4)6-7-15(16)12(2)3/h10-11,14-16,22-25H,1,4-9H2,2-3H3;10-11,14-16,22-24H,2,5-9H2,1,3-4H3/t14-,15-,16+;14-,15+,16-/m01/s1. The van der Waals surface area contributed by atoms with E-state index in [4.69, 9.17) is 0 Å². The molecule has 0 amide bonds. The third-order valence-electron chi connectivity index (χ3n) is 11.5. The van der Waals surface area contributed by atoms with E-state index in [0.29, 0.717) is 23.5 Å². The van der Waals surface area contributed by atoms with Crippen molar-refractivity contribution in [1.82, 2.24) is 0 Å². The van der Waals surface area contributed by atoms with Gasteiger partial charge in [-0.3, -0.25) is 0 Å². The lowest BCUT2D eigenvalue weighted by Gasteiger charge is -2.34. The summed E-state index contributed by atoms with van der Waals surface area (Å²) in [5, 5.41) is 59.6. The number of benzene rings is 2. The average Bonchev–Trinajstić information content (AvgIpc) is 3.04. The number of fused-ring (bicyclic) bond motifs is 2. The fourth-order valence-corrected chi connectivity index (χ4v) is 8.86. The Morgan fingerprint density at radius 1 is 0.694 bits per heavy atom. The zero-order chi connectivity index (χ0) is 35.6. The lowest BCUT2D eigenvalue weighted by molar-refractivity contribution is 0.271. The first kappa shape index (κ1) is 36.4. The minimum absolute atomic E-state index is 0.000910. The molecule has 4 aliphatic rings. The summed E-state index contributed by atoms with van der Waals surface area (Å²) in [7, 11) is 0. The topological polar surface area (TPSA) is 125 Å². The van der Waals surface area contributed by atoms with Gasteiger partial charge in [-0.2, -0.15) is 0 Å². The van der Waals surface area contributed by atoms with Crippen molar-refractivity contribution in [2.75, 3.05) is 30.3 Å². The van der Waals surface area contributed by atoms with Crippen molar-refractivity contribution in [3.63, 3.8) is 0 Å². The van der Waals surface area contributed by atoms with Crippen LogP contribution < -0.4 is 10.6 Å². The van der Waals surface area contributed by atoms with Gasteiger partial charge in [-0.25, -0.2) is 0 Å². The van der Waals surface area contributed by atoms with Crippen LogP contribution in [0.25, 0.3) is 0 Å². The van der Waals surface area contributed by atoms with Gasteiger partial charge in [0.1, 0.15) is 23.0 Å². The number of rotatable bonds is 7. The van der Waals surface area contributed by atoms with E-state index in [9.17, 15) is 25.5 Å². The van der Waals surface area contributed by atoms with Crippen LogP contribution in [0.15, 0.2) is 59.7 Å². The van der Waals surface area contributed by atoms with E-state index in [1.807, 2.05) is 6.92 Å². The Hall–Kier alpha value is -3.84. The number of hydrogen-bond donors (Lipinski definition) is 7. The van der Waals surface area contributed by atoms with E-state index in [2.05, 4.69) is 63.6 Å². The van der Waals surface area contributed by atoms with Gasteiger partial charge in [0.25, 0.3) is 0 Å². The SMILES string of the molecule is C=C(C)[C@@H]1CCC(C)=C[C@H]1c1c(O)cc2c(c1O)[C@H](CC)CCN2.C=C(C)[C@@H]1CCC(C)=C[C@H]1c1c(O)cc2c(c1O)[C@H](CCO)CCN2. The van der Waals surface area contributed by atoms with Gasteiger partial charge in [0.05, 0.1) is 0 Å². The van der Waals surface area contributed by atoms with Crippen LogP contribution in [-0.2, 0) is 0 Å². The van der Waals surface area contributed by atoms with Gasteiger partial charge >= 0.3 is 0 Å². The molecule has 2 aliphatic heterocycles. The highest BCUT2D eigenvalue weighted by Crippen LogP contribution is 2.53. The maximum absolute atomic E-state index is 11.1. The molecule has 0 saturated carbocycles. The Bertz CT molecular complexity index is 1640. The Morgan fingerprint density at radius 3 is 1.53 bits per heavy atom. The Morgan fingerprint density at radius 2 is 1.12 bits per heavy atom. The Kier molecular flexibility index (Phi) is 11.4. The monoisotopic (exact) mass is 670 g/mol. The molecule has 2 aromatic carbocycles. The van der Waals surface area contributed by atoms with Crippen LogP contribution in [0.1, 0.15) is 132 Å². The van der Waals surface area contributed by atoms with Crippen LogP contribution in [-0.4, -0.2) is 45.2 Å². The molecule has 49 heavy (non-hydrogen) atoms. The second-order valence-electron chi connectivity index (χ2n) is 15.0. The van der Waals surface area contributed by atoms with E-state index >= 15 is 0 Å². The molecule has 0 fully saturated rings. The largest absolute Gasteiger partial charge is 0.507 e. The van der Waals surface area contributed by atoms with Crippen LogP contribution in [0.2, 0.25) is 0 Å². The third-order valence-corrected chi connectivity index (χ3v) is 11.5. The molecule has 0 aromatic heterocycles. The number of phenols is 4. The molecule has 7 heteroatoms.